The van der Waals surface area contributed by atoms with E-state index in [1.165, 1.54) is 17.0 Å². The first-order valence-corrected chi connectivity index (χ1v) is 10.0. The van der Waals surface area contributed by atoms with E-state index < -0.39 is 0 Å². The molecule has 25 heavy (non-hydrogen) atoms. The Morgan fingerprint density at radius 2 is 1.76 bits per heavy atom. The quantitative estimate of drug-likeness (QED) is 0.545. The van der Waals surface area contributed by atoms with Gasteiger partial charge in [-0.3, -0.25) is 0 Å². The van der Waals surface area contributed by atoms with Crippen LogP contribution in [0.15, 0.2) is 41.7 Å². The first-order valence-electron chi connectivity index (χ1n) is 9.19. The average Bonchev–Trinajstić information content (AvgIpc) is 2.97. The second-order valence-corrected chi connectivity index (χ2v) is 8.93. The van der Waals surface area contributed by atoms with Crippen LogP contribution in [0.2, 0.25) is 0 Å². The summed E-state index contributed by atoms with van der Waals surface area (Å²) in [5.74, 6) is 1.27. The van der Waals surface area contributed by atoms with Crippen LogP contribution in [0.1, 0.15) is 46.1 Å². The fourth-order valence-electron chi connectivity index (χ4n) is 3.74. The van der Waals surface area contributed by atoms with Crippen molar-refractivity contribution in [1.29, 1.82) is 0 Å². The van der Waals surface area contributed by atoms with Crippen molar-refractivity contribution in [3.63, 3.8) is 0 Å². The van der Waals surface area contributed by atoms with Crippen molar-refractivity contribution in [2.45, 2.75) is 53.1 Å². The molecule has 1 aromatic rings. The second kappa shape index (κ2) is 7.16. The second-order valence-electron chi connectivity index (χ2n) is 8.03. The van der Waals surface area contributed by atoms with E-state index in [2.05, 4.69) is 67.8 Å². The van der Waals surface area contributed by atoms with Gasteiger partial charge >= 0.3 is 0 Å². The number of allylic oxidation sites excluding steroid dienone is 1. The topological polar surface area (TPSA) is 6.48 Å². The van der Waals surface area contributed by atoms with Crippen LogP contribution in [0, 0.1) is 5.41 Å². The summed E-state index contributed by atoms with van der Waals surface area (Å²) in [5, 5.41) is 0. The van der Waals surface area contributed by atoms with Crippen molar-refractivity contribution in [2.24, 2.45) is 5.41 Å². The molecule has 2 aliphatic rings. The number of hydrogen-bond donors (Lipinski definition) is 0. The minimum absolute atomic E-state index is 0.0453. The summed E-state index contributed by atoms with van der Waals surface area (Å²) in [6.45, 7) is 12.0. The molecule has 134 valence electrons. The molecule has 0 N–H and O–H groups in total. The Bertz CT molecular complexity index is 704. The summed E-state index contributed by atoms with van der Waals surface area (Å²) in [5.41, 5.74) is 2.55. The van der Waals surface area contributed by atoms with E-state index in [-0.39, 0.29) is 5.41 Å². The van der Waals surface area contributed by atoms with Crippen LogP contribution in [0.3, 0.4) is 0 Å². The molecule has 1 aliphatic heterocycles. The van der Waals surface area contributed by atoms with Gasteiger partial charge in [-0.15, -0.1) is 0 Å². The van der Waals surface area contributed by atoms with E-state index in [0.29, 0.717) is 6.04 Å². The summed E-state index contributed by atoms with van der Waals surface area (Å²) < 4.78 is 0. The highest BCUT2D eigenvalue weighted by atomic mass is 32.1. The molecule has 3 rings (SSSR count). The highest BCUT2D eigenvalue weighted by Gasteiger charge is 2.39. The van der Waals surface area contributed by atoms with Crippen LogP contribution in [0.5, 0.6) is 0 Å². The van der Waals surface area contributed by atoms with E-state index in [1.54, 1.807) is 0 Å². The first kappa shape index (κ1) is 18.5. The number of thiocarbonyl (C=S) groups is 2. The molecule has 0 amide bonds. The predicted octanol–water partition coefficient (Wildman–Crippen LogP) is 4.98. The molecule has 1 aliphatic carbocycles. The number of rotatable bonds is 3. The molecular weight excluding hydrogens is 344 g/mol. The number of nitrogens with zero attached hydrogens (tertiary/aromatic N) is 2. The Morgan fingerprint density at radius 1 is 1.08 bits per heavy atom. The highest BCUT2D eigenvalue weighted by molar-refractivity contribution is 7.83. The minimum Gasteiger partial charge on any atom is -0.354 e. The van der Waals surface area contributed by atoms with Gasteiger partial charge in [-0.2, -0.15) is 0 Å². The lowest BCUT2D eigenvalue weighted by Crippen LogP contribution is -2.39. The summed E-state index contributed by atoms with van der Waals surface area (Å²) >= 11 is 11.7. The van der Waals surface area contributed by atoms with Gasteiger partial charge in [0.1, 0.15) is 5.82 Å². The third-order valence-electron chi connectivity index (χ3n) is 5.34. The monoisotopic (exact) mass is 372 g/mol. The molecule has 1 saturated heterocycles. The molecule has 0 bridgehead atoms. The Kier molecular flexibility index (Phi) is 5.31. The first-order chi connectivity index (χ1) is 11.8. The van der Waals surface area contributed by atoms with Crippen LogP contribution < -0.4 is 0 Å². The molecular formula is C21H28N2S2. The van der Waals surface area contributed by atoms with Crippen LogP contribution in [-0.2, 0) is 6.54 Å². The fraction of sp³-hybridized carbons (Fsp3) is 0.524. The Balaban J connectivity index is 2.05. The van der Waals surface area contributed by atoms with Crippen molar-refractivity contribution in [2.75, 3.05) is 13.1 Å². The van der Waals surface area contributed by atoms with E-state index in [1.807, 2.05) is 0 Å². The lowest BCUT2D eigenvalue weighted by molar-refractivity contribution is 0.287. The SMILES string of the molecule is CC(C)N1CCN(Cc2ccccc2)/C1=C1\C(=S)CCC(C)(C)C1=S. The van der Waals surface area contributed by atoms with Crippen molar-refractivity contribution in [3.8, 4) is 0 Å². The van der Waals surface area contributed by atoms with Crippen molar-refractivity contribution < 1.29 is 0 Å². The lowest BCUT2D eigenvalue weighted by Gasteiger charge is -2.38. The molecule has 1 heterocycles. The molecule has 0 radical (unpaired) electrons. The van der Waals surface area contributed by atoms with Crippen molar-refractivity contribution in [3.05, 3.63) is 47.3 Å². The van der Waals surface area contributed by atoms with Gasteiger partial charge in [0, 0.05) is 46.4 Å². The number of benzene rings is 1. The predicted molar refractivity (Wildman–Crippen MR) is 114 cm³/mol. The van der Waals surface area contributed by atoms with Gasteiger partial charge in [0.05, 0.1) is 0 Å². The van der Waals surface area contributed by atoms with Crippen LogP contribution >= 0.6 is 24.4 Å². The number of hydrogen-bond acceptors (Lipinski definition) is 4. The maximum Gasteiger partial charge on any atom is 0.114 e. The molecule has 0 atom stereocenters. The van der Waals surface area contributed by atoms with Gasteiger partial charge in [-0.1, -0.05) is 68.6 Å². The van der Waals surface area contributed by atoms with Gasteiger partial charge in [-0.25, -0.2) is 0 Å². The minimum atomic E-state index is 0.0453. The summed E-state index contributed by atoms with van der Waals surface area (Å²) in [4.78, 5) is 7.05. The van der Waals surface area contributed by atoms with Crippen LogP contribution in [0.25, 0.3) is 0 Å². The molecule has 2 nitrogen and oxygen atoms in total. The fourth-order valence-corrected chi connectivity index (χ4v) is 4.42. The molecule has 0 unspecified atom stereocenters. The molecule has 1 saturated carbocycles. The standard InChI is InChI=1S/C21H28N2S2/c1-15(2)23-13-12-22(14-16-8-6-5-7-9-16)20(23)18-17(24)10-11-21(3,4)19(18)25/h5-9,15H,10-14H2,1-4H3/b20-18-. The zero-order valence-electron chi connectivity index (χ0n) is 15.7. The highest BCUT2D eigenvalue weighted by Crippen LogP contribution is 2.39. The maximum atomic E-state index is 5.94. The third kappa shape index (κ3) is 3.65. The van der Waals surface area contributed by atoms with E-state index >= 15 is 0 Å². The van der Waals surface area contributed by atoms with E-state index in [0.717, 1.165) is 42.2 Å². The third-order valence-corrected chi connectivity index (χ3v) is 6.51. The van der Waals surface area contributed by atoms with Crippen molar-refractivity contribution in [1.82, 2.24) is 9.80 Å². The molecule has 2 fully saturated rings. The summed E-state index contributed by atoms with van der Waals surface area (Å²) in [6.07, 6.45) is 2.02. The molecule has 1 aromatic carbocycles. The maximum absolute atomic E-state index is 5.94. The zero-order valence-corrected chi connectivity index (χ0v) is 17.3. The van der Waals surface area contributed by atoms with Gasteiger partial charge in [0.15, 0.2) is 0 Å². The normalized spacial score (nSPS) is 23.7. The Hall–Kier alpha value is -1.26. The zero-order chi connectivity index (χ0) is 18.2. The van der Waals surface area contributed by atoms with Gasteiger partial charge < -0.3 is 9.80 Å². The Labute approximate surface area is 162 Å². The Morgan fingerprint density at radius 3 is 2.40 bits per heavy atom. The van der Waals surface area contributed by atoms with Gasteiger partial charge in [-0.05, 0) is 32.3 Å². The van der Waals surface area contributed by atoms with E-state index in [4.69, 9.17) is 24.4 Å². The van der Waals surface area contributed by atoms with Crippen LogP contribution in [0.4, 0.5) is 0 Å². The van der Waals surface area contributed by atoms with Crippen molar-refractivity contribution >= 4 is 34.2 Å². The lowest BCUT2D eigenvalue weighted by atomic mass is 9.74. The summed E-state index contributed by atoms with van der Waals surface area (Å²) in [6, 6.07) is 11.1. The molecule has 4 heteroatoms. The smallest absolute Gasteiger partial charge is 0.114 e. The van der Waals surface area contributed by atoms with E-state index in [9.17, 15) is 0 Å². The molecule has 0 aromatic heterocycles. The average molecular weight is 373 g/mol. The molecule has 0 spiro atoms. The largest absolute Gasteiger partial charge is 0.354 e. The summed E-state index contributed by atoms with van der Waals surface area (Å²) in [7, 11) is 0. The van der Waals surface area contributed by atoms with Crippen LogP contribution in [-0.4, -0.2) is 38.7 Å². The van der Waals surface area contributed by atoms with Gasteiger partial charge in [0.2, 0.25) is 0 Å². The van der Waals surface area contributed by atoms with Gasteiger partial charge in [0.25, 0.3) is 0 Å².